The Hall–Kier alpha value is -3.13. The number of aromatic nitrogens is 2. The van der Waals surface area contributed by atoms with Crippen molar-refractivity contribution in [3.63, 3.8) is 0 Å². The Morgan fingerprint density at radius 2 is 1.94 bits per heavy atom. The Balaban J connectivity index is 1.09. The van der Waals surface area contributed by atoms with Gasteiger partial charge in [-0.15, -0.1) is 0 Å². The van der Waals surface area contributed by atoms with Crippen molar-refractivity contribution in [2.24, 2.45) is 0 Å². The Labute approximate surface area is 186 Å². The Bertz CT molecular complexity index is 1160. The van der Waals surface area contributed by atoms with Gasteiger partial charge in [-0.3, -0.25) is 9.69 Å². The molecule has 2 aromatic heterocycles. The number of carbonyl (C=O) groups is 1. The van der Waals surface area contributed by atoms with E-state index < -0.39 is 0 Å². The van der Waals surface area contributed by atoms with Gasteiger partial charge >= 0.3 is 0 Å². The molecule has 0 atom stereocenters. The molecular formula is C24H27N5O3. The van der Waals surface area contributed by atoms with Crippen LogP contribution in [0.15, 0.2) is 41.1 Å². The van der Waals surface area contributed by atoms with Crippen LogP contribution in [0.5, 0.6) is 5.88 Å². The second-order valence-electron chi connectivity index (χ2n) is 9.11. The van der Waals surface area contributed by atoms with E-state index in [-0.39, 0.29) is 11.3 Å². The summed E-state index contributed by atoms with van der Waals surface area (Å²) in [5, 5.41) is 5.36. The van der Waals surface area contributed by atoms with E-state index in [0.717, 1.165) is 86.6 Å². The summed E-state index contributed by atoms with van der Waals surface area (Å²) in [7, 11) is 1.62. The molecule has 8 heteroatoms. The minimum absolute atomic E-state index is 0.0976. The third-order valence-electron chi connectivity index (χ3n) is 7.24. The first kappa shape index (κ1) is 19.5. The van der Waals surface area contributed by atoms with Crippen molar-refractivity contribution >= 4 is 22.7 Å². The van der Waals surface area contributed by atoms with Crippen LogP contribution in [0, 0.1) is 0 Å². The Morgan fingerprint density at radius 1 is 1.12 bits per heavy atom. The summed E-state index contributed by atoms with van der Waals surface area (Å²) in [4.78, 5) is 24.2. The van der Waals surface area contributed by atoms with Crippen LogP contribution in [0.3, 0.4) is 0 Å². The first-order valence-corrected chi connectivity index (χ1v) is 11.3. The molecule has 0 unspecified atom stereocenters. The predicted octanol–water partition coefficient (Wildman–Crippen LogP) is 2.54. The molecule has 1 saturated carbocycles. The first-order chi connectivity index (χ1) is 15.7. The van der Waals surface area contributed by atoms with Crippen molar-refractivity contribution in [1.29, 1.82) is 0 Å². The zero-order valence-electron chi connectivity index (χ0n) is 18.3. The molecule has 3 aliphatic rings. The number of nitrogens with zero attached hydrogens (tertiary/aromatic N) is 5. The number of anilines is 1. The zero-order valence-corrected chi connectivity index (χ0v) is 18.3. The number of rotatable bonds is 5. The lowest BCUT2D eigenvalue weighted by Gasteiger charge is -2.38. The number of benzene rings is 1. The SMILES string of the molecule is COc1cc2c(cn1)C(=O)N(CCN1CCN(c3noc4ccccc34)CC1)CC21CC1. The van der Waals surface area contributed by atoms with Crippen LogP contribution in [0.4, 0.5) is 5.82 Å². The molecule has 1 aliphatic carbocycles. The van der Waals surface area contributed by atoms with E-state index in [1.54, 1.807) is 13.3 Å². The summed E-state index contributed by atoms with van der Waals surface area (Å²) in [6.45, 7) is 6.14. The van der Waals surface area contributed by atoms with Crippen LogP contribution < -0.4 is 9.64 Å². The third-order valence-corrected chi connectivity index (χ3v) is 7.24. The molecule has 3 aromatic rings. The monoisotopic (exact) mass is 433 g/mol. The highest BCUT2D eigenvalue weighted by Crippen LogP contribution is 2.52. The van der Waals surface area contributed by atoms with Crippen LogP contribution in [-0.2, 0) is 5.41 Å². The van der Waals surface area contributed by atoms with Crippen molar-refractivity contribution in [2.75, 3.05) is 57.8 Å². The molecule has 166 valence electrons. The van der Waals surface area contributed by atoms with Gasteiger partial charge in [0.15, 0.2) is 11.4 Å². The van der Waals surface area contributed by atoms with Gasteiger partial charge in [0.1, 0.15) is 0 Å². The van der Waals surface area contributed by atoms with Gasteiger partial charge in [-0.25, -0.2) is 4.98 Å². The van der Waals surface area contributed by atoms with Gasteiger partial charge in [-0.2, -0.15) is 0 Å². The molecule has 0 N–H and O–H groups in total. The largest absolute Gasteiger partial charge is 0.481 e. The van der Waals surface area contributed by atoms with E-state index in [1.165, 1.54) is 0 Å². The molecule has 2 fully saturated rings. The average molecular weight is 434 g/mol. The standard InChI is InChI=1S/C24H27N5O3/c1-31-21-14-19-18(15-25-21)23(30)29(16-24(19)6-7-24)13-10-27-8-11-28(12-9-27)22-17-4-2-3-5-20(17)32-26-22/h2-5,14-15H,6-13,16H2,1H3. The fourth-order valence-electron chi connectivity index (χ4n) is 5.15. The Morgan fingerprint density at radius 3 is 2.72 bits per heavy atom. The van der Waals surface area contributed by atoms with E-state index >= 15 is 0 Å². The summed E-state index contributed by atoms with van der Waals surface area (Å²) in [5.74, 6) is 1.62. The van der Waals surface area contributed by atoms with Gasteiger partial charge in [0.2, 0.25) is 5.88 Å². The molecule has 6 rings (SSSR count). The van der Waals surface area contributed by atoms with Crippen molar-refractivity contribution in [3.05, 3.63) is 47.7 Å². The van der Waals surface area contributed by atoms with Crippen molar-refractivity contribution in [2.45, 2.75) is 18.3 Å². The zero-order chi connectivity index (χ0) is 21.7. The molecule has 2 aliphatic heterocycles. The van der Waals surface area contributed by atoms with Gasteiger partial charge in [0.25, 0.3) is 5.91 Å². The fourth-order valence-corrected chi connectivity index (χ4v) is 5.15. The molecule has 1 aromatic carbocycles. The number of ether oxygens (including phenoxy) is 1. The quantitative estimate of drug-likeness (QED) is 0.612. The maximum absolute atomic E-state index is 13.1. The summed E-state index contributed by atoms with van der Waals surface area (Å²) in [5.41, 5.74) is 2.80. The molecule has 32 heavy (non-hydrogen) atoms. The van der Waals surface area contributed by atoms with Crippen LogP contribution in [-0.4, -0.2) is 78.8 Å². The summed E-state index contributed by atoms with van der Waals surface area (Å²) in [6, 6.07) is 9.96. The summed E-state index contributed by atoms with van der Waals surface area (Å²) >= 11 is 0. The van der Waals surface area contributed by atoms with Crippen LogP contribution in [0.2, 0.25) is 0 Å². The lowest BCUT2D eigenvalue weighted by Crippen LogP contribution is -2.51. The van der Waals surface area contributed by atoms with Gasteiger partial charge in [-0.1, -0.05) is 17.3 Å². The summed E-state index contributed by atoms with van der Waals surface area (Å²) < 4.78 is 10.8. The van der Waals surface area contributed by atoms with E-state index in [4.69, 9.17) is 9.26 Å². The second kappa shape index (κ2) is 7.48. The molecule has 1 spiro atoms. The number of methoxy groups -OCH3 is 1. The Kier molecular flexibility index (Phi) is 4.57. The first-order valence-electron chi connectivity index (χ1n) is 11.3. The highest BCUT2D eigenvalue weighted by molar-refractivity contribution is 5.97. The number of hydrogen-bond acceptors (Lipinski definition) is 7. The van der Waals surface area contributed by atoms with Crippen molar-refractivity contribution in [3.8, 4) is 5.88 Å². The van der Waals surface area contributed by atoms with Crippen molar-refractivity contribution in [1.82, 2.24) is 19.9 Å². The second-order valence-corrected chi connectivity index (χ2v) is 9.11. The van der Waals surface area contributed by atoms with E-state index in [2.05, 4.69) is 26.0 Å². The minimum atomic E-state index is 0.0976. The number of para-hydroxylation sites is 1. The number of carbonyl (C=O) groups excluding carboxylic acids is 1. The number of pyridine rings is 1. The van der Waals surface area contributed by atoms with Crippen molar-refractivity contribution < 1.29 is 14.1 Å². The van der Waals surface area contributed by atoms with E-state index in [1.807, 2.05) is 29.2 Å². The van der Waals surface area contributed by atoms with E-state index in [0.29, 0.717) is 5.88 Å². The minimum Gasteiger partial charge on any atom is -0.481 e. The molecular weight excluding hydrogens is 406 g/mol. The third kappa shape index (κ3) is 3.21. The lowest BCUT2D eigenvalue weighted by molar-refractivity contribution is 0.0687. The molecule has 1 saturated heterocycles. The number of piperazine rings is 1. The van der Waals surface area contributed by atoms with Gasteiger partial charge in [-0.05, 0) is 30.5 Å². The fraction of sp³-hybridized carbons (Fsp3) is 0.458. The number of amides is 1. The van der Waals surface area contributed by atoms with Gasteiger partial charge in [0, 0.05) is 63.5 Å². The molecule has 8 nitrogen and oxygen atoms in total. The number of hydrogen-bond donors (Lipinski definition) is 0. The molecule has 0 radical (unpaired) electrons. The maximum Gasteiger partial charge on any atom is 0.255 e. The smallest absolute Gasteiger partial charge is 0.255 e. The lowest BCUT2D eigenvalue weighted by atomic mass is 9.87. The van der Waals surface area contributed by atoms with Gasteiger partial charge < -0.3 is 19.1 Å². The highest BCUT2D eigenvalue weighted by Gasteiger charge is 2.51. The predicted molar refractivity (Wildman–Crippen MR) is 120 cm³/mol. The van der Waals surface area contributed by atoms with E-state index in [9.17, 15) is 4.79 Å². The number of fused-ring (bicyclic) bond motifs is 3. The average Bonchev–Trinajstić information content (AvgIpc) is 3.49. The van der Waals surface area contributed by atoms with Crippen LogP contribution in [0.1, 0.15) is 28.8 Å². The molecule has 4 heterocycles. The topological polar surface area (TPSA) is 74.9 Å². The van der Waals surface area contributed by atoms with Crippen LogP contribution >= 0.6 is 0 Å². The maximum atomic E-state index is 13.1. The highest BCUT2D eigenvalue weighted by atomic mass is 16.5. The normalized spacial score (nSPS) is 20.1. The molecule has 0 bridgehead atoms. The molecule has 1 amide bonds. The van der Waals surface area contributed by atoms with Crippen LogP contribution in [0.25, 0.3) is 11.0 Å². The summed E-state index contributed by atoms with van der Waals surface area (Å²) in [6.07, 6.45) is 3.95. The van der Waals surface area contributed by atoms with Gasteiger partial charge in [0.05, 0.1) is 18.1 Å².